The Kier molecular flexibility index (Phi) is 8.51. The smallest absolute Gasteiger partial charge is 0.134 e. The highest BCUT2D eigenvalue weighted by Gasteiger charge is 2.31. The van der Waals surface area contributed by atoms with Crippen LogP contribution in [0, 0.1) is 17.2 Å². The van der Waals surface area contributed by atoms with Crippen LogP contribution >= 0.6 is 0 Å². The molecule has 0 radical (unpaired) electrons. The third-order valence-electron chi connectivity index (χ3n) is 6.83. The second-order valence-electron chi connectivity index (χ2n) is 9.93. The van der Waals surface area contributed by atoms with Crippen molar-refractivity contribution in [1.29, 1.82) is 5.26 Å². The van der Waals surface area contributed by atoms with Gasteiger partial charge in [-0.15, -0.1) is 0 Å². The Morgan fingerprint density at radius 1 is 1.06 bits per heavy atom. The number of ether oxygens (including phenoxy) is 1. The van der Waals surface area contributed by atoms with E-state index in [4.69, 9.17) is 4.74 Å². The Labute approximate surface area is 193 Å². The minimum Gasteiger partial charge on any atom is -0.489 e. The normalized spacial score (nSPS) is 18.9. The molecule has 1 saturated carbocycles. The summed E-state index contributed by atoms with van der Waals surface area (Å²) in [6.07, 6.45) is 7.79. The Hall–Kier alpha value is -2.60. The zero-order valence-electron chi connectivity index (χ0n) is 19.9. The molecule has 170 valence electrons. The first-order valence-electron chi connectivity index (χ1n) is 12.2. The Morgan fingerprint density at radius 2 is 1.84 bits per heavy atom. The zero-order valence-corrected chi connectivity index (χ0v) is 19.9. The van der Waals surface area contributed by atoms with Crippen LogP contribution in [0.1, 0.15) is 94.7 Å². The van der Waals surface area contributed by atoms with Gasteiger partial charge in [0.1, 0.15) is 18.1 Å². The van der Waals surface area contributed by atoms with E-state index in [-0.39, 0.29) is 23.0 Å². The fourth-order valence-corrected chi connectivity index (χ4v) is 4.77. The Balaban J connectivity index is 1.86. The molecule has 3 nitrogen and oxygen atoms in total. The van der Waals surface area contributed by atoms with Gasteiger partial charge in [0.25, 0.3) is 0 Å². The summed E-state index contributed by atoms with van der Waals surface area (Å²) in [5.74, 6) is 0.901. The van der Waals surface area contributed by atoms with Crippen molar-refractivity contribution in [1.82, 2.24) is 0 Å². The highest BCUT2D eigenvalue weighted by atomic mass is 16.5. The number of nitrogens with zero attached hydrogens (tertiary/aromatic N) is 1. The summed E-state index contributed by atoms with van der Waals surface area (Å²) in [7, 11) is 0. The molecule has 1 aliphatic carbocycles. The van der Waals surface area contributed by atoms with Gasteiger partial charge in [-0.25, -0.2) is 0 Å². The fourth-order valence-electron chi connectivity index (χ4n) is 4.77. The van der Waals surface area contributed by atoms with Gasteiger partial charge >= 0.3 is 0 Å². The lowest BCUT2D eigenvalue weighted by molar-refractivity contribution is -0.121. The second kappa shape index (κ2) is 11.3. The first-order chi connectivity index (χ1) is 15.4. The van der Waals surface area contributed by atoms with E-state index in [0.29, 0.717) is 19.4 Å². The van der Waals surface area contributed by atoms with Crippen molar-refractivity contribution in [3.05, 3.63) is 65.2 Å². The molecule has 0 unspecified atom stereocenters. The lowest BCUT2D eigenvalue weighted by atomic mass is 9.75. The zero-order chi connectivity index (χ0) is 23.0. The molecule has 3 heteroatoms. The van der Waals surface area contributed by atoms with Crippen molar-refractivity contribution in [3.8, 4) is 11.8 Å². The molecule has 0 aromatic heterocycles. The summed E-state index contributed by atoms with van der Waals surface area (Å²) in [4.78, 5) is 12.3. The van der Waals surface area contributed by atoms with Crippen LogP contribution in [0.15, 0.2) is 48.5 Å². The maximum Gasteiger partial charge on any atom is 0.134 e. The monoisotopic (exact) mass is 431 g/mol. The standard InChI is InChI=1S/C29H37NO2/c1-4-5-6-10-15-29(2,3)25-13-14-27(24-16-23(20-30)17-26(31)18-24)28(19-25)32-21-22-11-8-7-9-12-22/h7-9,11-14,19,23-24H,4-6,10,15-18,21H2,1-3H3/t23-,24-/m1/s1. The number of carbonyl (C=O) groups is 1. The van der Waals surface area contributed by atoms with Crippen LogP contribution in [-0.2, 0) is 16.8 Å². The molecule has 0 aliphatic heterocycles. The lowest BCUT2D eigenvalue weighted by Gasteiger charge is -2.30. The van der Waals surface area contributed by atoms with Gasteiger partial charge < -0.3 is 4.74 Å². The highest BCUT2D eigenvalue weighted by Crippen LogP contribution is 2.41. The van der Waals surface area contributed by atoms with E-state index in [2.05, 4.69) is 57.2 Å². The van der Waals surface area contributed by atoms with Crippen LogP contribution in [0.2, 0.25) is 0 Å². The molecule has 1 fully saturated rings. The van der Waals surface area contributed by atoms with Gasteiger partial charge in [0.15, 0.2) is 0 Å². The van der Waals surface area contributed by atoms with Crippen LogP contribution < -0.4 is 4.74 Å². The number of benzene rings is 2. The molecule has 0 bridgehead atoms. The molecular weight excluding hydrogens is 394 g/mol. The number of hydrogen-bond donors (Lipinski definition) is 0. The predicted octanol–water partition coefficient (Wildman–Crippen LogP) is 7.49. The average molecular weight is 432 g/mol. The predicted molar refractivity (Wildman–Crippen MR) is 130 cm³/mol. The summed E-state index contributed by atoms with van der Waals surface area (Å²) in [5, 5.41) is 9.43. The van der Waals surface area contributed by atoms with E-state index in [1.165, 1.54) is 31.2 Å². The minimum atomic E-state index is -0.196. The van der Waals surface area contributed by atoms with Crippen molar-refractivity contribution in [2.24, 2.45) is 5.92 Å². The number of carbonyl (C=O) groups excluding carboxylic acids is 1. The first kappa shape index (κ1) is 24.1. The van der Waals surface area contributed by atoms with Crippen molar-refractivity contribution in [2.75, 3.05) is 0 Å². The fraction of sp³-hybridized carbons (Fsp3) is 0.517. The van der Waals surface area contributed by atoms with Crippen LogP contribution in [0.4, 0.5) is 0 Å². The summed E-state index contributed by atoms with van der Waals surface area (Å²) in [6, 6.07) is 19.1. The number of unbranched alkanes of at least 4 members (excludes halogenated alkanes) is 3. The number of ketones is 1. The van der Waals surface area contributed by atoms with Gasteiger partial charge in [-0.3, -0.25) is 4.79 Å². The number of rotatable bonds is 10. The number of Topliss-reactive ketones (excluding diaryl/α,β-unsaturated/α-hetero) is 1. The Morgan fingerprint density at radius 3 is 2.56 bits per heavy atom. The van der Waals surface area contributed by atoms with E-state index in [0.717, 1.165) is 29.7 Å². The van der Waals surface area contributed by atoms with Crippen LogP contribution in [0.5, 0.6) is 5.75 Å². The third kappa shape index (κ3) is 6.45. The topological polar surface area (TPSA) is 50.1 Å². The van der Waals surface area contributed by atoms with E-state index in [1.807, 2.05) is 18.2 Å². The summed E-state index contributed by atoms with van der Waals surface area (Å²) >= 11 is 0. The van der Waals surface area contributed by atoms with Crippen LogP contribution in [0.25, 0.3) is 0 Å². The largest absolute Gasteiger partial charge is 0.489 e. The Bertz CT molecular complexity index is 926. The number of nitriles is 1. The van der Waals surface area contributed by atoms with Crippen LogP contribution in [-0.4, -0.2) is 5.78 Å². The SMILES string of the molecule is CCCCCCC(C)(C)c1ccc([C@H]2CC(=O)C[C@H](C#N)C2)c(OCc2ccccc2)c1. The van der Waals surface area contributed by atoms with E-state index in [9.17, 15) is 10.1 Å². The molecule has 3 rings (SSSR count). The summed E-state index contributed by atoms with van der Waals surface area (Å²) in [5.41, 5.74) is 3.53. The highest BCUT2D eigenvalue weighted by molar-refractivity contribution is 5.81. The van der Waals surface area contributed by atoms with Crippen molar-refractivity contribution in [3.63, 3.8) is 0 Å². The second-order valence-corrected chi connectivity index (χ2v) is 9.93. The van der Waals surface area contributed by atoms with E-state index < -0.39 is 0 Å². The van der Waals surface area contributed by atoms with E-state index >= 15 is 0 Å². The first-order valence-corrected chi connectivity index (χ1v) is 12.2. The van der Waals surface area contributed by atoms with Crippen molar-refractivity contribution >= 4 is 5.78 Å². The lowest BCUT2D eigenvalue weighted by Crippen LogP contribution is -2.22. The molecule has 0 spiro atoms. The van der Waals surface area contributed by atoms with Crippen molar-refractivity contribution in [2.45, 2.75) is 90.1 Å². The third-order valence-corrected chi connectivity index (χ3v) is 6.83. The molecule has 0 saturated heterocycles. The number of hydrogen-bond acceptors (Lipinski definition) is 3. The van der Waals surface area contributed by atoms with Gasteiger partial charge in [-0.2, -0.15) is 5.26 Å². The molecule has 1 aliphatic rings. The van der Waals surface area contributed by atoms with Gasteiger partial charge in [0.05, 0.1) is 12.0 Å². The van der Waals surface area contributed by atoms with Gasteiger partial charge in [-0.1, -0.05) is 88.9 Å². The van der Waals surface area contributed by atoms with E-state index in [1.54, 1.807) is 0 Å². The van der Waals surface area contributed by atoms with Crippen molar-refractivity contribution < 1.29 is 9.53 Å². The minimum absolute atomic E-state index is 0.0494. The summed E-state index contributed by atoms with van der Waals surface area (Å²) < 4.78 is 6.37. The van der Waals surface area contributed by atoms with Gasteiger partial charge in [-0.05, 0) is 46.9 Å². The molecule has 32 heavy (non-hydrogen) atoms. The molecular formula is C29H37NO2. The molecule has 0 amide bonds. The average Bonchev–Trinajstić information content (AvgIpc) is 2.80. The van der Waals surface area contributed by atoms with Gasteiger partial charge in [0.2, 0.25) is 0 Å². The summed E-state index contributed by atoms with van der Waals surface area (Å²) in [6.45, 7) is 7.36. The quantitative estimate of drug-likeness (QED) is 0.366. The molecule has 0 heterocycles. The van der Waals surface area contributed by atoms with Crippen LogP contribution in [0.3, 0.4) is 0 Å². The molecule has 2 aromatic rings. The molecule has 2 atom stereocenters. The maximum atomic E-state index is 12.3. The maximum absolute atomic E-state index is 12.3. The van der Waals surface area contributed by atoms with Gasteiger partial charge in [0, 0.05) is 12.8 Å². The molecule has 2 aromatic carbocycles. The molecule has 0 N–H and O–H groups in total.